The van der Waals surface area contributed by atoms with Crippen LogP contribution in [0.4, 0.5) is 4.39 Å². The van der Waals surface area contributed by atoms with Crippen LogP contribution in [0.15, 0.2) is 82.6 Å². The van der Waals surface area contributed by atoms with E-state index in [1.807, 2.05) is 49.4 Å². The number of aryl methyl sites for hydroxylation is 1. The number of hydrogen-bond acceptors (Lipinski definition) is 5. The Balaban J connectivity index is 1.46. The third-order valence-corrected chi connectivity index (χ3v) is 5.84. The second-order valence-corrected chi connectivity index (χ2v) is 8.27. The van der Waals surface area contributed by atoms with Gasteiger partial charge in [-0.2, -0.15) is 0 Å². The molecule has 0 aliphatic rings. The summed E-state index contributed by atoms with van der Waals surface area (Å²) in [6.45, 7) is 1.97. The SMILES string of the molecule is CC(CCc1ccco1)NC(=O)CSc1nnc(-c2ccccc2F)n1-c1ccccc1. The van der Waals surface area contributed by atoms with Crippen molar-refractivity contribution >= 4 is 17.7 Å². The fraction of sp³-hybridized carbons (Fsp3) is 0.208. The molecule has 0 saturated heterocycles. The predicted octanol–water partition coefficient (Wildman–Crippen LogP) is 4.90. The maximum absolute atomic E-state index is 14.5. The number of nitrogens with zero attached hydrogens (tertiary/aromatic N) is 3. The zero-order chi connectivity index (χ0) is 22.3. The van der Waals surface area contributed by atoms with E-state index in [1.165, 1.54) is 17.8 Å². The zero-order valence-electron chi connectivity index (χ0n) is 17.6. The summed E-state index contributed by atoms with van der Waals surface area (Å²) in [5.41, 5.74) is 1.15. The lowest BCUT2D eigenvalue weighted by atomic mass is 10.1. The van der Waals surface area contributed by atoms with Crippen LogP contribution in [0.25, 0.3) is 17.1 Å². The van der Waals surface area contributed by atoms with Crippen LogP contribution in [-0.4, -0.2) is 32.5 Å². The summed E-state index contributed by atoms with van der Waals surface area (Å²) >= 11 is 1.27. The van der Waals surface area contributed by atoms with Crippen LogP contribution in [0.5, 0.6) is 0 Å². The lowest BCUT2D eigenvalue weighted by Gasteiger charge is -2.13. The summed E-state index contributed by atoms with van der Waals surface area (Å²) in [5, 5.41) is 12.0. The highest BCUT2D eigenvalue weighted by Gasteiger charge is 2.19. The molecule has 4 aromatic rings. The van der Waals surface area contributed by atoms with Gasteiger partial charge in [-0.1, -0.05) is 42.1 Å². The molecular formula is C24H23FN4O2S. The molecule has 2 heterocycles. The molecule has 0 aliphatic heterocycles. The van der Waals surface area contributed by atoms with Gasteiger partial charge in [0, 0.05) is 18.2 Å². The third kappa shape index (κ3) is 5.26. The van der Waals surface area contributed by atoms with Crippen LogP contribution >= 0.6 is 11.8 Å². The van der Waals surface area contributed by atoms with Crippen LogP contribution in [0, 0.1) is 5.82 Å². The number of furan rings is 1. The van der Waals surface area contributed by atoms with Gasteiger partial charge in [-0.15, -0.1) is 10.2 Å². The summed E-state index contributed by atoms with van der Waals surface area (Å²) in [5.74, 6) is 0.989. The molecule has 0 radical (unpaired) electrons. The Kier molecular flexibility index (Phi) is 7.01. The van der Waals surface area contributed by atoms with Gasteiger partial charge in [0.25, 0.3) is 0 Å². The Labute approximate surface area is 189 Å². The average molecular weight is 451 g/mol. The Morgan fingerprint density at radius 3 is 2.62 bits per heavy atom. The molecule has 32 heavy (non-hydrogen) atoms. The van der Waals surface area contributed by atoms with Crippen molar-refractivity contribution in [1.82, 2.24) is 20.1 Å². The number of hydrogen-bond donors (Lipinski definition) is 1. The van der Waals surface area contributed by atoms with Crippen molar-refractivity contribution in [2.24, 2.45) is 0 Å². The molecule has 0 aliphatic carbocycles. The fourth-order valence-corrected chi connectivity index (χ4v) is 4.09. The number of thioether (sulfide) groups is 1. The first-order chi connectivity index (χ1) is 15.6. The Morgan fingerprint density at radius 2 is 1.88 bits per heavy atom. The minimum Gasteiger partial charge on any atom is -0.469 e. The van der Waals surface area contributed by atoms with E-state index >= 15 is 0 Å². The minimum absolute atomic E-state index is 0.00849. The molecule has 1 amide bonds. The number of benzene rings is 2. The van der Waals surface area contributed by atoms with Gasteiger partial charge in [0.1, 0.15) is 11.6 Å². The highest BCUT2D eigenvalue weighted by atomic mass is 32.2. The van der Waals surface area contributed by atoms with E-state index in [-0.39, 0.29) is 23.5 Å². The summed E-state index contributed by atoms with van der Waals surface area (Å²) < 4.78 is 21.6. The summed E-state index contributed by atoms with van der Waals surface area (Å²) in [6, 6.07) is 19.7. The molecule has 0 fully saturated rings. The van der Waals surface area contributed by atoms with Crippen molar-refractivity contribution in [3.8, 4) is 17.1 Å². The van der Waals surface area contributed by atoms with Crippen LogP contribution in [0.3, 0.4) is 0 Å². The van der Waals surface area contributed by atoms with E-state index in [4.69, 9.17) is 4.42 Å². The topological polar surface area (TPSA) is 73.0 Å². The Bertz CT molecular complexity index is 1160. The standard InChI is InChI=1S/C24H23FN4O2S/c1-17(13-14-19-10-7-15-31-19)26-22(30)16-32-24-28-27-23(20-11-5-6-12-21(20)25)29(24)18-8-3-2-4-9-18/h2-12,15,17H,13-14,16H2,1H3,(H,26,30). The van der Waals surface area contributed by atoms with Crippen molar-refractivity contribution < 1.29 is 13.6 Å². The molecule has 0 spiro atoms. The number of carbonyl (C=O) groups is 1. The highest BCUT2D eigenvalue weighted by molar-refractivity contribution is 7.99. The number of amides is 1. The van der Waals surface area contributed by atoms with Gasteiger partial charge in [-0.05, 0) is 49.7 Å². The number of carbonyl (C=O) groups excluding carboxylic acids is 1. The smallest absolute Gasteiger partial charge is 0.230 e. The second-order valence-electron chi connectivity index (χ2n) is 7.33. The number of para-hydroxylation sites is 1. The van der Waals surface area contributed by atoms with Crippen LogP contribution in [-0.2, 0) is 11.2 Å². The van der Waals surface area contributed by atoms with E-state index in [0.717, 1.165) is 24.3 Å². The fourth-order valence-electron chi connectivity index (χ4n) is 3.32. The van der Waals surface area contributed by atoms with E-state index in [1.54, 1.807) is 29.0 Å². The first kappa shape index (κ1) is 21.8. The highest BCUT2D eigenvalue weighted by Crippen LogP contribution is 2.29. The van der Waals surface area contributed by atoms with Crippen LogP contribution in [0.1, 0.15) is 19.1 Å². The first-order valence-corrected chi connectivity index (χ1v) is 11.3. The molecule has 0 bridgehead atoms. The Hall–Kier alpha value is -3.39. The van der Waals surface area contributed by atoms with E-state index in [9.17, 15) is 9.18 Å². The number of rotatable bonds is 9. The van der Waals surface area contributed by atoms with Crippen molar-refractivity contribution in [2.45, 2.75) is 31.0 Å². The number of aromatic nitrogens is 3. The monoisotopic (exact) mass is 450 g/mol. The van der Waals surface area contributed by atoms with Gasteiger partial charge >= 0.3 is 0 Å². The van der Waals surface area contributed by atoms with E-state index in [2.05, 4.69) is 15.5 Å². The molecule has 1 N–H and O–H groups in total. The van der Waals surface area contributed by atoms with Gasteiger partial charge in [0.15, 0.2) is 11.0 Å². The van der Waals surface area contributed by atoms with Gasteiger partial charge in [-0.25, -0.2) is 4.39 Å². The maximum Gasteiger partial charge on any atom is 0.230 e. The molecular weight excluding hydrogens is 427 g/mol. The molecule has 164 valence electrons. The first-order valence-electron chi connectivity index (χ1n) is 10.3. The summed E-state index contributed by atoms with van der Waals surface area (Å²) in [7, 11) is 0. The van der Waals surface area contributed by atoms with Gasteiger partial charge in [0.05, 0.1) is 17.6 Å². The number of nitrogens with one attached hydrogen (secondary N) is 1. The quantitative estimate of drug-likeness (QED) is 0.367. The van der Waals surface area contributed by atoms with Crippen molar-refractivity contribution in [1.29, 1.82) is 0 Å². The van der Waals surface area contributed by atoms with Crippen molar-refractivity contribution in [3.05, 3.63) is 84.6 Å². The molecule has 6 nitrogen and oxygen atoms in total. The molecule has 2 aromatic heterocycles. The minimum atomic E-state index is -0.378. The average Bonchev–Trinajstić information content (AvgIpc) is 3.47. The molecule has 1 atom stereocenters. The molecule has 4 rings (SSSR count). The van der Waals surface area contributed by atoms with Crippen LogP contribution in [0.2, 0.25) is 0 Å². The van der Waals surface area contributed by atoms with Crippen molar-refractivity contribution in [2.75, 3.05) is 5.75 Å². The molecule has 1 unspecified atom stereocenters. The molecule has 2 aromatic carbocycles. The van der Waals surface area contributed by atoms with Crippen LogP contribution < -0.4 is 5.32 Å². The van der Waals surface area contributed by atoms with Gasteiger partial charge in [-0.3, -0.25) is 9.36 Å². The van der Waals surface area contributed by atoms with Crippen molar-refractivity contribution in [3.63, 3.8) is 0 Å². The normalized spacial score (nSPS) is 11.9. The molecule has 8 heteroatoms. The molecule has 0 saturated carbocycles. The lowest BCUT2D eigenvalue weighted by molar-refractivity contribution is -0.119. The summed E-state index contributed by atoms with van der Waals surface area (Å²) in [6.07, 6.45) is 3.19. The third-order valence-electron chi connectivity index (χ3n) is 4.91. The maximum atomic E-state index is 14.5. The van der Waals surface area contributed by atoms with E-state index < -0.39 is 0 Å². The van der Waals surface area contributed by atoms with Gasteiger partial charge in [0.2, 0.25) is 5.91 Å². The van der Waals surface area contributed by atoms with Gasteiger partial charge < -0.3 is 9.73 Å². The number of halogens is 1. The zero-order valence-corrected chi connectivity index (χ0v) is 18.4. The second kappa shape index (κ2) is 10.3. The van der Waals surface area contributed by atoms with E-state index in [0.29, 0.717) is 16.5 Å². The summed E-state index contributed by atoms with van der Waals surface area (Å²) in [4.78, 5) is 12.5. The lowest BCUT2D eigenvalue weighted by Crippen LogP contribution is -2.34. The largest absolute Gasteiger partial charge is 0.469 e. The Morgan fingerprint density at radius 1 is 1.09 bits per heavy atom. The predicted molar refractivity (Wildman–Crippen MR) is 122 cm³/mol.